The smallest absolute Gasteiger partial charge is 0.250 e. The maximum Gasteiger partial charge on any atom is 0.250 e. The highest BCUT2D eigenvalue weighted by Crippen LogP contribution is 2.32. The van der Waals surface area contributed by atoms with Crippen LogP contribution in [0.1, 0.15) is 0 Å². The van der Waals surface area contributed by atoms with Crippen LogP contribution in [0.2, 0.25) is 0 Å². The average molecular weight is 452 g/mol. The zero-order valence-electron chi connectivity index (χ0n) is 15.0. The molecule has 0 saturated heterocycles. The first kappa shape index (κ1) is 19.9. The molecule has 10 heteroatoms. The van der Waals surface area contributed by atoms with Gasteiger partial charge in [-0.25, -0.2) is 21.6 Å². The van der Waals surface area contributed by atoms with E-state index in [1.165, 1.54) is 24.3 Å². The third kappa shape index (κ3) is 4.15. The molecule has 0 saturated carbocycles. The van der Waals surface area contributed by atoms with E-state index in [4.69, 9.17) is 9.47 Å². The number of ether oxygens (including phenoxy) is 2. The Bertz CT molecular complexity index is 1220. The Morgan fingerprint density at radius 2 is 1.52 bits per heavy atom. The lowest BCUT2D eigenvalue weighted by atomic mass is 10.2. The van der Waals surface area contributed by atoms with Crippen LogP contribution in [0.4, 0.5) is 0 Å². The monoisotopic (exact) mass is 451 g/mol. The topological polar surface area (TPSA) is 98.8 Å². The molecule has 1 atom stereocenters. The van der Waals surface area contributed by atoms with E-state index in [1.807, 2.05) is 6.07 Å². The Kier molecular flexibility index (Phi) is 5.34. The van der Waals surface area contributed by atoms with E-state index in [0.717, 1.165) is 0 Å². The number of thiophene rings is 1. The molecule has 1 aliphatic rings. The van der Waals surface area contributed by atoms with Gasteiger partial charge in [0.15, 0.2) is 11.5 Å². The molecule has 2 heterocycles. The van der Waals surface area contributed by atoms with Crippen LogP contribution in [-0.4, -0.2) is 36.1 Å². The van der Waals surface area contributed by atoms with Crippen molar-refractivity contribution in [1.29, 1.82) is 0 Å². The molecule has 0 spiro atoms. The van der Waals surface area contributed by atoms with Crippen LogP contribution in [0.25, 0.3) is 0 Å². The van der Waals surface area contributed by atoms with Crippen LogP contribution in [0, 0.1) is 0 Å². The lowest BCUT2D eigenvalue weighted by Gasteiger charge is -2.26. The van der Waals surface area contributed by atoms with Gasteiger partial charge in [0, 0.05) is 0 Å². The van der Waals surface area contributed by atoms with Gasteiger partial charge in [-0.1, -0.05) is 30.3 Å². The lowest BCUT2D eigenvalue weighted by molar-refractivity contribution is 0.0943. The molecule has 4 rings (SSSR count). The first-order valence-corrected chi connectivity index (χ1v) is 12.4. The van der Waals surface area contributed by atoms with E-state index in [2.05, 4.69) is 4.72 Å². The molecule has 152 valence electrons. The standard InChI is InChI=1S/C19H17NO6S3/c21-28(22,15-6-2-1-3-7-15)18-10-11-19(27-18)29(23,24)20-12-14-13-25-16-8-4-5-9-17(16)26-14/h1-11,14,20H,12-13H2. The number of fused-ring (bicyclic) bond motifs is 1. The molecule has 0 bridgehead atoms. The molecular formula is C19H17NO6S3. The summed E-state index contributed by atoms with van der Waals surface area (Å²) in [6, 6.07) is 17.6. The van der Waals surface area contributed by atoms with E-state index in [-0.39, 0.29) is 26.5 Å². The second kappa shape index (κ2) is 7.79. The van der Waals surface area contributed by atoms with E-state index in [9.17, 15) is 16.8 Å². The predicted octanol–water partition coefficient (Wildman–Crippen LogP) is 2.70. The number of hydrogen-bond donors (Lipinski definition) is 1. The number of rotatable bonds is 6. The summed E-state index contributed by atoms with van der Waals surface area (Å²) in [6.45, 7) is 0.201. The van der Waals surface area contributed by atoms with Crippen LogP contribution in [-0.2, 0) is 19.9 Å². The predicted molar refractivity (Wildman–Crippen MR) is 108 cm³/mol. The fraction of sp³-hybridized carbons (Fsp3) is 0.158. The minimum Gasteiger partial charge on any atom is -0.486 e. The van der Waals surface area contributed by atoms with Crippen molar-refractivity contribution in [1.82, 2.24) is 4.72 Å². The van der Waals surface area contributed by atoms with E-state index in [1.54, 1.807) is 36.4 Å². The van der Waals surface area contributed by atoms with Gasteiger partial charge < -0.3 is 9.47 Å². The van der Waals surface area contributed by atoms with Crippen molar-refractivity contribution >= 4 is 31.2 Å². The molecule has 0 amide bonds. The quantitative estimate of drug-likeness (QED) is 0.619. The number of hydrogen-bond acceptors (Lipinski definition) is 7. The van der Waals surface area contributed by atoms with Crippen LogP contribution in [0.5, 0.6) is 11.5 Å². The Morgan fingerprint density at radius 1 is 0.862 bits per heavy atom. The molecule has 1 N–H and O–H groups in total. The number of nitrogens with one attached hydrogen (secondary N) is 1. The van der Waals surface area contributed by atoms with Crippen molar-refractivity contribution in [3.63, 3.8) is 0 Å². The average Bonchev–Trinajstić information content (AvgIpc) is 3.25. The first-order valence-electron chi connectivity index (χ1n) is 8.64. The number of benzene rings is 2. The van der Waals surface area contributed by atoms with E-state index < -0.39 is 26.0 Å². The summed E-state index contributed by atoms with van der Waals surface area (Å²) in [5.74, 6) is 1.16. The Balaban J connectivity index is 1.47. The summed E-state index contributed by atoms with van der Waals surface area (Å²) in [4.78, 5) is 0.116. The summed E-state index contributed by atoms with van der Waals surface area (Å²) in [6.07, 6.45) is -0.493. The molecule has 0 radical (unpaired) electrons. The second-order valence-electron chi connectivity index (χ2n) is 6.24. The molecule has 1 aromatic heterocycles. The summed E-state index contributed by atoms with van der Waals surface area (Å²) >= 11 is 0.706. The normalized spacial score (nSPS) is 16.5. The Labute approximate surface area is 172 Å². The van der Waals surface area contributed by atoms with Crippen molar-refractivity contribution < 1.29 is 26.3 Å². The molecule has 0 aliphatic carbocycles. The largest absolute Gasteiger partial charge is 0.486 e. The zero-order chi connectivity index (χ0) is 20.5. The van der Waals surface area contributed by atoms with Gasteiger partial charge in [-0.05, 0) is 36.4 Å². The van der Waals surface area contributed by atoms with E-state index in [0.29, 0.717) is 22.8 Å². The van der Waals surface area contributed by atoms with Gasteiger partial charge in [0.1, 0.15) is 21.1 Å². The SMILES string of the molecule is O=S(=O)(NCC1COc2ccccc2O1)c1ccc(S(=O)(=O)c2ccccc2)s1. The Morgan fingerprint density at radius 3 is 2.28 bits per heavy atom. The van der Waals surface area contributed by atoms with Gasteiger partial charge in [0.05, 0.1) is 11.4 Å². The molecular weight excluding hydrogens is 434 g/mol. The minimum atomic E-state index is -3.89. The van der Waals surface area contributed by atoms with Crippen molar-refractivity contribution in [2.75, 3.05) is 13.2 Å². The van der Waals surface area contributed by atoms with Gasteiger partial charge in [-0.2, -0.15) is 0 Å². The van der Waals surface area contributed by atoms with Gasteiger partial charge in [-0.15, -0.1) is 11.3 Å². The highest BCUT2D eigenvalue weighted by atomic mass is 32.3. The van der Waals surface area contributed by atoms with Crippen LogP contribution < -0.4 is 14.2 Å². The van der Waals surface area contributed by atoms with Crippen LogP contribution in [0.15, 0.2) is 80.0 Å². The first-order chi connectivity index (χ1) is 13.9. The maximum atomic E-state index is 12.7. The maximum absolute atomic E-state index is 12.7. The van der Waals surface area contributed by atoms with Crippen molar-refractivity contribution in [2.24, 2.45) is 0 Å². The summed E-state index contributed by atoms with van der Waals surface area (Å²) in [5.41, 5.74) is 0. The molecule has 29 heavy (non-hydrogen) atoms. The van der Waals surface area contributed by atoms with Crippen LogP contribution in [0.3, 0.4) is 0 Å². The van der Waals surface area contributed by atoms with E-state index >= 15 is 0 Å². The number of sulfonamides is 1. The number of para-hydroxylation sites is 2. The molecule has 1 unspecified atom stereocenters. The van der Waals surface area contributed by atoms with Gasteiger partial charge in [0.25, 0.3) is 0 Å². The third-order valence-corrected chi connectivity index (χ3v) is 9.47. The zero-order valence-corrected chi connectivity index (χ0v) is 17.5. The molecule has 2 aromatic carbocycles. The molecule has 0 fully saturated rings. The lowest BCUT2D eigenvalue weighted by Crippen LogP contribution is -2.40. The highest BCUT2D eigenvalue weighted by Gasteiger charge is 2.26. The fourth-order valence-corrected chi connectivity index (χ4v) is 7.05. The molecule has 1 aliphatic heterocycles. The van der Waals surface area contributed by atoms with Crippen molar-refractivity contribution in [2.45, 2.75) is 19.4 Å². The van der Waals surface area contributed by atoms with Crippen molar-refractivity contribution in [3.05, 3.63) is 66.7 Å². The second-order valence-corrected chi connectivity index (χ2v) is 11.5. The third-order valence-electron chi connectivity index (χ3n) is 4.21. The fourth-order valence-electron chi connectivity index (χ4n) is 2.75. The summed E-state index contributed by atoms with van der Waals surface area (Å²) in [5, 5.41) is 0. The van der Waals surface area contributed by atoms with Crippen LogP contribution >= 0.6 is 11.3 Å². The van der Waals surface area contributed by atoms with Gasteiger partial charge >= 0.3 is 0 Å². The summed E-state index contributed by atoms with van der Waals surface area (Å²) < 4.78 is 64.2. The summed E-state index contributed by atoms with van der Waals surface area (Å²) in [7, 11) is -7.66. The number of sulfone groups is 1. The minimum absolute atomic E-state index is 0.00463. The van der Waals surface area contributed by atoms with Gasteiger partial charge in [0.2, 0.25) is 19.9 Å². The van der Waals surface area contributed by atoms with Gasteiger partial charge in [-0.3, -0.25) is 0 Å². The molecule has 3 aromatic rings. The molecule has 7 nitrogen and oxygen atoms in total. The Hall–Kier alpha value is -2.40. The highest BCUT2D eigenvalue weighted by molar-refractivity contribution is 7.95. The van der Waals surface area contributed by atoms with Crippen molar-refractivity contribution in [3.8, 4) is 11.5 Å².